The molecule has 0 aliphatic carbocycles. The fourth-order valence-electron chi connectivity index (χ4n) is 0.779. The minimum absolute atomic E-state index is 0. The standard InChI is InChI=1S/C6H7NO2.H2O/c8-4-5-6(9)2-1-3-7-5;/h7H,1-3H2;1H2. The number of Topliss-reactive ketones (excluding diaryl/α,β-unsaturated/α-hetero) is 1. The topological polar surface area (TPSA) is 77.7 Å². The second kappa shape index (κ2) is 3.82. The third kappa shape index (κ3) is 1.69. The van der Waals surface area contributed by atoms with Crippen molar-refractivity contribution in [3.8, 4) is 0 Å². The van der Waals surface area contributed by atoms with Crippen LogP contribution in [0.4, 0.5) is 0 Å². The Kier molecular flexibility index (Phi) is 3.39. The van der Waals surface area contributed by atoms with Crippen LogP contribution in [0.3, 0.4) is 0 Å². The number of nitrogens with one attached hydrogen (secondary N) is 1. The largest absolute Gasteiger partial charge is 0.412 e. The minimum atomic E-state index is -0.115. The van der Waals surface area contributed by atoms with Gasteiger partial charge in [0.15, 0.2) is 17.4 Å². The molecule has 0 atom stereocenters. The second-order valence-corrected chi connectivity index (χ2v) is 1.93. The summed E-state index contributed by atoms with van der Waals surface area (Å²) in [5.41, 5.74) is 0.112. The molecule has 4 heteroatoms. The maximum absolute atomic E-state index is 10.7. The van der Waals surface area contributed by atoms with Gasteiger partial charge in [-0.1, -0.05) is 0 Å². The lowest BCUT2D eigenvalue weighted by Gasteiger charge is -2.10. The first kappa shape index (κ1) is 8.88. The van der Waals surface area contributed by atoms with Gasteiger partial charge in [-0.05, 0) is 6.42 Å². The van der Waals surface area contributed by atoms with E-state index in [0.717, 1.165) is 13.0 Å². The zero-order valence-corrected chi connectivity index (χ0v) is 5.44. The Labute approximate surface area is 58.2 Å². The smallest absolute Gasteiger partial charge is 0.190 e. The van der Waals surface area contributed by atoms with Crippen molar-refractivity contribution < 1.29 is 15.1 Å². The molecule has 1 heterocycles. The molecule has 0 aromatic heterocycles. The number of ketones is 1. The maximum atomic E-state index is 10.7. The van der Waals surface area contributed by atoms with Crippen molar-refractivity contribution in [2.24, 2.45) is 0 Å². The van der Waals surface area contributed by atoms with Gasteiger partial charge in [0.2, 0.25) is 0 Å². The van der Waals surface area contributed by atoms with Gasteiger partial charge in [0.25, 0.3) is 0 Å². The number of allylic oxidation sites excluding steroid dienone is 1. The molecule has 0 amide bonds. The molecule has 0 aromatic rings. The van der Waals surface area contributed by atoms with Crippen molar-refractivity contribution >= 4 is 11.7 Å². The van der Waals surface area contributed by atoms with E-state index < -0.39 is 0 Å². The Hall–Kier alpha value is -1.12. The first-order valence-electron chi connectivity index (χ1n) is 2.87. The van der Waals surface area contributed by atoms with E-state index in [1.807, 2.05) is 0 Å². The zero-order chi connectivity index (χ0) is 6.69. The molecule has 10 heavy (non-hydrogen) atoms. The average molecular weight is 143 g/mol. The number of hydrogen-bond acceptors (Lipinski definition) is 3. The van der Waals surface area contributed by atoms with Crippen LogP contribution in [0.5, 0.6) is 0 Å². The van der Waals surface area contributed by atoms with Gasteiger partial charge in [-0.2, -0.15) is 0 Å². The normalized spacial score (nSPS) is 16.8. The molecule has 0 unspecified atom stereocenters. The van der Waals surface area contributed by atoms with Gasteiger partial charge in [0, 0.05) is 13.0 Å². The van der Waals surface area contributed by atoms with Crippen LogP contribution in [0, 0.1) is 0 Å². The molecule has 4 nitrogen and oxygen atoms in total. The lowest BCUT2D eigenvalue weighted by molar-refractivity contribution is -0.116. The Morgan fingerprint density at radius 1 is 1.50 bits per heavy atom. The maximum Gasteiger partial charge on any atom is 0.190 e. The van der Waals surface area contributed by atoms with Gasteiger partial charge >= 0.3 is 0 Å². The number of carbonyl (C=O) groups is 1. The van der Waals surface area contributed by atoms with E-state index in [1.165, 1.54) is 0 Å². The summed E-state index contributed by atoms with van der Waals surface area (Å²) in [6.07, 6.45) is 1.31. The molecular weight excluding hydrogens is 134 g/mol. The summed E-state index contributed by atoms with van der Waals surface area (Å²) in [6, 6.07) is 0. The number of piperidine rings is 1. The van der Waals surface area contributed by atoms with Crippen LogP contribution in [0.2, 0.25) is 0 Å². The fraction of sp³-hybridized carbons (Fsp3) is 0.500. The fourth-order valence-corrected chi connectivity index (χ4v) is 0.779. The van der Waals surface area contributed by atoms with Crippen molar-refractivity contribution in [3.63, 3.8) is 0 Å². The summed E-state index contributed by atoms with van der Waals surface area (Å²) in [4.78, 5) is 20.6. The third-order valence-electron chi connectivity index (χ3n) is 1.26. The van der Waals surface area contributed by atoms with Crippen LogP contribution in [0.1, 0.15) is 12.8 Å². The number of rotatable bonds is 0. The molecule has 1 fully saturated rings. The van der Waals surface area contributed by atoms with Gasteiger partial charge in [0.05, 0.1) is 0 Å². The number of carbonyl (C=O) groups excluding carboxylic acids is 2. The number of hydrogen-bond donors (Lipinski definition) is 1. The van der Waals surface area contributed by atoms with Crippen LogP contribution in [0.15, 0.2) is 5.70 Å². The van der Waals surface area contributed by atoms with E-state index in [1.54, 1.807) is 5.94 Å². The molecular formula is C6H9NO3. The van der Waals surface area contributed by atoms with Gasteiger partial charge in [-0.15, -0.1) is 0 Å². The molecule has 0 radical (unpaired) electrons. The summed E-state index contributed by atoms with van der Waals surface area (Å²) >= 11 is 0. The lowest BCUT2D eigenvalue weighted by Crippen LogP contribution is -2.27. The van der Waals surface area contributed by atoms with Crippen LogP contribution in [0.25, 0.3) is 0 Å². The predicted octanol–water partition coefficient (Wildman–Crippen LogP) is -1.17. The molecule has 3 N–H and O–H groups in total. The molecule has 0 spiro atoms. The van der Waals surface area contributed by atoms with Crippen molar-refractivity contribution in [2.75, 3.05) is 6.54 Å². The van der Waals surface area contributed by atoms with E-state index in [-0.39, 0.29) is 17.0 Å². The second-order valence-electron chi connectivity index (χ2n) is 1.93. The predicted molar refractivity (Wildman–Crippen MR) is 35.1 cm³/mol. The molecule has 0 saturated carbocycles. The van der Waals surface area contributed by atoms with Crippen LogP contribution in [-0.2, 0) is 9.59 Å². The van der Waals surface area contributed by atoms with E-state index in [4.69, 9.17) is 0 Å². The van der Waals surface area contributed by atoms with Crippen molar-refractivity contribution in [3.05, 3.63) is 5.70 Å². The Balaban J connectivity index is 0.000000810. The molecule has 56 valence electrons. The van der Waals surface area contributed by atoms with Gasteiger partial charge in [-0.25, -0.2) is 4.79 Å². The molecule has 0 aromatic carbocycles. The monoisotopic (exact) mass is 143 g/mol. The van der Waals surface area contributed by atoms with E-state index >= 15 is 0 Å². The quantitative estimate of drug-likeness (QED) is 0.343. The first-order valence-corrected chi connectivity index (χ1v) is 2.87. The Morgan fingerprint density at radius 2 is 2.20 bits per heavy atom. The molecule has 1 rings (SSSR count). The zero-order valence-electron chi connectivity index (χ0n) is 5.44. The Morgan fingerprint density at radius 3 is 2.60 bits per heavy atom. The Bertz CT molecular complexity index is 181. The summed E-state index contributed by atoms with van der Waals surface area (Å²) in [5, 5.41) is 2.66. The highest BCUT2D eigenvalue weighted by molar-refractivity contribution is 6.02. The highest BCUT2D eigenvalue weighted by Gasteiger charge is 2.13. The highest BCUT2D eigenvalue weighted by atomic mass is 16.1. The summed E-state index contributed by atoms with van der Waals surface area (Å²) in [5.74, 6) is 1.45. The molecule has 0 bridgehead atoms. The minimum Gasteiger partial charge on any atom is -0.412 e. The summed E-state index contributed by atoms with van der Waals surface area (Å²) < 4.78 is 0. The van der Waals surface area contributed by atoms with Gasteiger partial charge < -0.3 is 10.8 Å². The van der Waals surface area contributed by atoms with Crippen LogP contribution < -0.4 is 5.32 Å². The summed E-state index contributed by atoms with van der Waals surface area (Å²) in [7, 11) is 0. The SMILES string of the molecule is O.O=C=C1NCCCC1=O. The average Bonchev–Trinajstić information content (AvgIpc) is 1.89. The van der Waals surface area contributed by atoms with Gasteiger partial charge in [-0.3, -0.25) is 4.79 Å². The van der Waals surface area contributed by atoms with Crippen molar-refractivity contribution in [1.29, 1.82) is 0 Å². The van der Waals surface area contributed by atoms with Crippen LogP contribution in [-0.4, -0.2) is 23.7 Å². The van der Waals surface area contributed by atoms with E-state index in [0.29, 0.717) is 6.42 Å². The summed E-state index contributed by atoms with van der Waals surface area (Å²) in [6.45, 7) is 0.719. The van der Waals surface area contributed by atoms with Crippen molar-refractivity contribution in [1.82, 2.24) is 5.32 Å². The molecule has 1 aliphatic heterocycles. The first-order chi connectivity index (χ1) is 4.34. The molecule has 1 saturated heterocycles. The van der Waals surface area contributed by atoms with Gasteiger partial charge in [0.1, 0.15) is 0 Å². The van der Waals surface area contributed by atoms with Crippen molar-refractivity contribution in [2.45, 2.75) is 12.8 Å². The lowest BCUT2D eigenvalue weighted by atomic mass is 10.1. The van der Waals surface area contributed by atoms with E-state index in [9.17, 15) is 9.59 Å². The highest BCUT2D eigenvalue weighted by Crippen LogP contribution is 2.01. The third-order valence-corrected chi connectivity index (χ3v) is 1.26. The molecule has 1 aliphatic rings. The van der Waals surface area contributed by atoms with Crippen LogP contribution >= 0.6 is 0 Å². The van der Waals surface area contributed by atoms with E-state index in [2.05, 4.69) is 5.32 Å².